The van der Waals surface area contributed by atoms with Crippen molar-refractivity contribution < 1.29 is 17.5 Å². The second kappa shape index (κ2) is 5.94. The summed E-state index contributed by atoms with van der Waals surface area (Å²) in [7, 11) is -3.69. The predicted octanol–water partition coefficient (Wildman–Crippen LogP) is 3.24. The zero-order valence-corrected chi connectivity index (χ0v) is 13.8. The van der Waals surface area contributed by atoms with Gasteiger partial charge in [-0.05, 0) is 43.7 Å². The maximum atomic E-state index is 13.5. The molecule has 23 heavy (non-hydrogen) atoms. The predicted molar refractivity (Wildman–Crippen MR) is 85.5 cm³/mol. The molecule has 0 radical (unpaired) electrons. The highest BCUT2D eigenvalue weighted by molar-refractivity contribution is 7.89. The van der Waals surface area contributed by atoms with Crippen molar-refractivity contribution >= 4 is 10.0 Å². The fourth-order valence-corrected chi connectivity index (χ4v) is 4.32. The van der Waals surface area contributed by atoms with Crippen molar-refractivity contribution in [2.45, 2.75) is 31.2 Å². The number of benzene rings is 2. The fraction of sp³-hybridized carbons (Fsp3) is 0.294. The summed E-state index contributed by atoms with van der Waals surface area (Å²) in [5.74, 6) is 0.107. The Labute approximate surface area is 135 Å². The molecule has 3 rings (SSSR count). The molecule has 1 aliphatic rings. The molecule has 0 bridgehead atoms. The van der Waals surface area contributed by atoms with E-state index in [9.17, 15) is 12.8 Å². The molecule has 4 nitrogen and oxygen atoms in total. The first-order chi connectivity index (χ1) is 10.9. The van der Waals surface area contributed by atoms with Gasteiger partial charge in [-0.2, -0.15) is 0 Å². The van der Waals surface area contributed by atoms with Crippen molar-refractivity contribution in [1.82, 2.24) is 4.72 Å². The maximum Gasteiger partial charge on any atom is 0.241 e. The van der Waals surface area contributed by atoms with Gasteiger partial charge < -0.3 is 4.74 Å². The zero-order chi connectivity index (χ0) is 16.6. The Balaban J connectivity index is 1.95. The lowest BCUT2D eigenvalue weighted by Crippen LogP contribution is -2.32. The number of halogens is 1. The highest BCUT2D eigenvalue weighted by atomic mass is 32.2. The first-order valence-corrected chi connectivity index (χ1v) is 8.87. The topological polar surface area (TPSA) is 55.4 Å². The second-order valence-electron chi connectivity index (χ2n) is 5.76. The minimum absolute atomic E-state index is 0.243. The summed E-state index contributed by atoms with van der Waals surface area (Å²) in [5.41, 5.74) is 2.22. The van der Waals surface area contributed by atoms with E-state index in [0.29, 0.717) is 29.9 Å². The van der Waals surface area contributed by atoms with E-state index in [1.165, 1.54) is 18.2 Å². The molecule has 1 atom stereocenters. The van der Waals surface area contributed by atoms with Crippen LogP contribution in [0, 0.1) is 19.7 Å². The Morgan fingerprint density at radius 1 is 1.17 bits per heavy atom. The van der Waals surface area contributed by atoms with Crippen molar-refractivity contribution in [3.63, 3.8) is 0 Å². The molecular weight excluding hydrogens is 317 g/mol. The van der Waals surface area contributed by atoms with Crippen LogP contribution < -0.4 is 9.46 Å². The molecule has 2 aromatic carbocycles. The molecule has 1 N–H and O–H groups in total. The third-order valence-corrected chi connectivity index (χ3v) is 5.56. The van der Waals surface area contributed by atoms with E-state index in [-0.39, 0.29) is 4.90 Å². The lowest BCUT2D eigenvalue weighted by molar-refractivity contribution is 0.262. The van der Waals surface area contributed by atoms with Crippen LogP contribution in [0.5, 0.6) is 5.75 Å². The van der Waals surface area contributed by atoms with Crippen molar-refractivity contribution in [3.05, 3.63) is 58.9 Å². The summed E-state index contributed by atoms with van der Waals surface area (Å²) < 4.78 is 47.0. The van der Waals surface area contributed by atoms with Gasteiger partial charge in [0.05, 0.1) is 17.5 Å². The number of ether oxygens (including phenoxy) is 1. The first kappa shape index (κ1) is 16.0. The van der Waals surface area contributed by atoms with E-state index >= 15 is 0 Å². The number of rotatable bonds is 3. The number of fused-ring (bicyclic) bond motifs is 1. The zero-order valence-electron chi connectivity index (χ0n) is 13.0. The number of sulfonamides is 1. The van der Waals surface area contributed by atoms with E-state index < -0.39 is 21.9 Å². The van der Waals surface area contributed by atoms with Crippen LogP contribution in [0.15, 0.2) is 41.3 Å². The van der Waals surface area contributed by atoms with Gasteiger partial charge >= 0.3 is 0 Å². The second-order valence-corrected chi connectivity index (χ2v) is 7.44. The summed E-state index contributed by atoms with van der Waals surface area (Å²) in [6.45, 7) is 4.06. The smallest absolute Gasteiger partial charge is 0.241 e. The largest absolute Gasteiger partial charge is 0.493 e. The average Bonchev–Trinajstić information content (AvgIpc) is 2.47. The summed E-state index contributed by atoms with van der Waals surface area (Å²) in [6.07, 6.45) is 0.459. The number of hydrogen-bond donors (Lipinski definition) is 1. The molecular formula is C17H18FNO3S. The third-order valence-electron chi connectivity index (χ3n) is 3.93. The molecule has 0 saturated heterocycles. The third kappa shape index (κ3) is 3.23. The van der Waals surface area contributed by atoms with Crippen LogP contribution in [0.2, 0.25) is 0 Å². The van der Waals surface area contributed by atoms with E-state index in [4.69, 9.17) is 4.74 Å². The van der Waals surface area contributed by atoms with E-state index in [1.807, 2.05) is 13.0 Å². The summed E-state index contributed by atoms with van der Waals surface area (Å²) in [4.78, 5) is 0.243. The lowest BCUT2D eigenvalue weighted by atomic mass is 10.0. The van der Waals surface area contributed by atoms with Gasteiger partial charge in [0.15, 0.2) is 0 Å². The normalized spacial score (nSPS) is 17.4. The van der Waals surface area contributed by atoms with Gasteiger partial charge in [-0.15, -0.1) is 0 Å². The molecule has 122 valence electrons. The van der Waals surface area contributed by atoms with Crippen LogP contribution in [0.1, 0.15) is 29.2 Å². The summed E-state index contributed by atoms with van der Waals surface area (Å²) in [5, 5.41) is 0. The van der Waals surface area contributed by atoms with Crippen LogP contribution >= 0.6 is 0 Å². The summed E-state index contributed by atoms with van der Waals surface area (Å²) >= 11 is 0. The number of hydrogen-bond acceptors (Lipinski definition) is 3. The number of nitrogens with one attached hydrogen (secondary N) is 1. The van der Waals surface area contributed by atoms with Gasteiger partial charge in [0.1, 0.15) is 11.6 Å². The summed E-state index contributed by atoms with van der Waals surface area (Å²) in [6, 6.07) is 8.84. The molecule has 0 fully saturated rings. The highest BCUT2D eigenvalue weighted by Gasteiger charge is 2.28. The first-order valence-electron chi connectivity index (χ1n) is 7.39. The minimum atomic E-state index is -3.69. The van der Waals surface area contributed by atoms with Crippen LogP contribution in [0.25, 0.3) is 0 Å². The Morgan fingerprint density at radius 3 is 2.70 bits per heavy atom. The Hall–Kier alpha value is -1.92. The molecule has 2 aromatic rings. The standard InChI is InChI=1S/C17H18FNO3S/c1-11-3-6-17(12(2)9-11)23(20,21)19-15-7-8-22-16-5-4-13(18)10-14(15)16/h3-6,9-10,15,19H,7-8H2,1-2H3. The van der Waals surface area contributed by atoms with Gasteiger partial charge in [-0.1, -0.05) is 17.7 Å². The van der Waals surface area contributed by atoms with Crippen LogP contribution in [-0.4, -0.2) is 15.0 Å². The molecule has 0 aliphatic carbocycles. The van der Waals surface area contributed by atoms with Crippen molar-refractivity contribution in [3.8, 4) is 5.75 Å². The van der Waals surface area contributed by atoms with Gasteiger partial charge in [-0.3, -0.25) is 0 Å². The van der Waals surface area contributed by atoms with E-state index in [0.717, 1.165) is 5.56 Å². The van der Waals surface area contributed by atoms with Crippen LogP contribution in [0.4, 0.5) is 4.39 Å². The Morgan fingerprint density at radius 2 is 1.96 bits per heavy atom. The van der Waals surface area contributed by atoms with Crippen molar-refractivity contribution in [2.75, 3.05) is 6.61 Å². The van der Waals surface area contributed by atoms with Gasteiger partial charge in [0, 0.05) is 12.0 Å². The van der Waals surface area contributed by atoms with Gasteiger partial charge in [-0.25, -0.2) is 17.5 Å². The van der Waals surface area contributed by atoms with Crippen molar-refractivity contribution in [2.24, 2.45) is 0 Å². The molecule has 0 amide bonds. The molecule has 1 aliphatic heterocycles. The van der Waals surface area contributed by atoms with Gasteiger partial charge in [0.2, 0.25) is 10.0 Å². The molecule has 0 saturated carbocycles. The maximum absolute atomic E-state index is 13.5. The molecule has 0 aromatic heterocycles. The Bertz CT molecular complexity index is 849. The molecule has 0 spiro atoms. The van der Waals surface area contributed by atoms with Crippen LogP contribution in [0.3, 0.4) is 0 Å². The lowest BCUT2D eigenvalue weighted by Gasteiger charge is -2.26. The SMILES string of the molecule is Cc1ccc(S(=O)(=O)NC2CCOc3ccc(F)cc32)c(C)c1. The average molecular weight is 335 g/mol. The van der Waals surface area contributed by atoms with Crippen LogP contribution in [-0.2, 0) is 10.0 Å². The number of aryl methyl sites for hydroxylation is 2. The monoisotopic (exact) mass is 335 g/mol. The molecule has 6 heteroatoms. The molecule has 1 unspecified atom stereocenters. The van der Waals surface area contributed by atoms with Gasteiger partial charge in [0.25, 0.3) is 0 Å². The fourth-order valence-electron chi connectivity index (χ4n) is 2.84. The van der Waals surface area contributed by atoms with E-state index in [2.05, 4.69) is 4.72 Å². The van der Waals surface area contributed by atoms with E-state index in [1.54, 1.807) is 19.1 Å². The quantitative estimate of drug-likeness (QED) is 0.937. The highest BCUT2D eigenvalue weighted by Crippen LogP contribution is 2.33. The molecule has 1 heterocycles. The van der Waals surface area contributed by atoms with Crippen molar-refractivity contribution in [1.29, 1.82) is 0 Å². The minimum Gasteiger partial charge on any atom is -0.493 e. The Kier molecular flexibility index (Phi) is 4.12.